The highest BCUT2D eigenvalue weighted by Crippen LogP contribution is 2.23. The minimum absolute atomic E-state index is 0.0361. The van der Waals surface area contributed by atoms with E-state index in [0.29, 0.717) is 11.4 Å². The van der Waals surface area contributed by atoms with Crippen LogP contribution in [-0.2, 0) is 9.59 Å². The van der Waals surface area contributed by atoms with Crippen LogP contribution in [0.15, 0.2) is 42.5 Å². The molecule has 0 unspecified atom stereocenters. The molecule has 2 aromatic carbocycles. The van der Waals surface area contributed by atoms with E-state index >= 15 is 0 Å². The summed E-state index contributed by atoms with van der Waals surface area (Å²) in [6.45, 7) is 5.35. The molecule has 2 amide bonds. The van der Waals surface area contributed by atoms with E-state index in [0.717, 1.165) is 16.8 Å². The third kappa shape index (κ3) is 4.13. The fourth-order valence-electron chi connectivity index (χ4n) is 2.41. The molecule has 126 valence electrons. The van der Waals surface area contributed by atoms with E-state index in [1.165, 1.54) is 11.8 Å². The normalized spacial score (nSPS) is 10.2. The Kier molecular flexibility index (Phi) is 5.58. The van der Waals surface area contributed by atoms with E-state index in [1.807, 2.05) is 32.0 Å². The van der Waals surface area contributed by atoms with Crippen LogP contribution in [0.5, 0.6) is 5.75 Å². The summed E-state index contributed by atoms with van der Waals surface area (Å²) in [5, 5.41) is 2.79. The first-order valence-corrected chi connectivity index (χ1v) is 7.70. The van der Waals surface area contributed by atoms with Gasteiger partial charge in [0.25, 0.3) is 0 Å². The Morgan fingerprint density at radius 2 is 1.75 bits per heavy atom. The van der Waals surface area contributed by atoms with Gasteiger partial charge in [0.05, 0.1) is 7.11 Å². The van der Waals surface area contributed by atoms with Crippen molar-refractivity contribution in [2.75, 3.05) is 23.9 Å². The highest BCUT2D eigenvalue weighted by Gasteiger charge is 2.18. The van der Waals surface area contributed by atoms with Gasteiger partial charge in [-0.1, -0.05) is 12.1 Å². The van der Waals surface area contributed by atoms with Crippen molar-refractivity contribution >= 4 is 23.2 Å². The second-order valence-electron chi connectivity index (χ2n) is 5.60. The second-order valence-corrected chi connectivity index (χ2v) is 5.60. The minimum Gasteiger partial charge on any atom is -0.497 e. The predicted molar refractivity (Wildman–Crippen MR) is 95.6 cm³/mol. The van der Waals surface area contributed by atoms with Gasteiger partial charge < -0.3 is 15.0 Å². The lowest BCUT2D eigenvalue weighted by atomic mass is 10.1. The van der Waals surface area contributed by atoms with Crippen molar-refractivity contribution in [1.29, 1.82) is 0 Å². The molecule has 24 heavy (non-hydrogen) atoms. The number of nitrogens with one attached hydrogen (secondary N) is 1. The molecule has 0 spiro atoms. The number of carbonyl (C=O) groups is 2. The molecule has 2 aromatic rings. The van der Waals surface area contributed by atoms with Crippen molar-refractivity contribution in [3.05, 3.63) is 53.6 Å². The number of hydrogen-bond acceptors (Lipinski definition) is 3. The summed E-state index contributed by atoms with van der Waals surface area (Å²) in [5.41, 5.74) is 3.48. The molecule has 0 aliphatic rings. The average molecular weight is 326 g/mol. The number of ether oxygens (including phenoxy) is 1. The Morgan fingerprint density at radius 1 is 1.08 bits per heavy atom. The minimum atomic E-state index is -0.253. The molecule has 0 saturated heterocycles. The summed E-state index contributed by atoms with van der Waals surface area (Å²) in [6.07, 6.45) is 0. The zero-order chi connectivity index (χ0) is 17.7. The Bertz CT molecular complexity index is 739. The number of hydrogen-bond donors (Lipinski definition) is 1. The van der Waals surface area contributed by atoms with Gasteiger partial charge in [-0.05, 0) is 55.3 Å². The Balaban J connectivity index is 2.13. The number of amides is 2. The number of methoxy groups -OCH3 is 1. The van der Waals surface area contributed by atoms with Gasteiger partial charge >= 0.3 is 0 Å². The summed E-state index contributed by atoms with van der Waals surface area (Å²) in [5.74, 6) is 0.290. The first-order valence-electron chi connectivity index (χ1n) is 7.70. The lowest BCUT2D eigenvalue weighted by Crippen LogP contribution is -2.37. The van der Waals surface area contributed by atoms with Crippen molar-refractivity contribution in [3.8, 4) is 5.75 Å². The Labute approximate surface area is 142 Å². The molecule has 0 radical (unpaired) electrons. The maximum atomic E-state index is 12.3. The van der Waals surface area contributed by atoms with Crippen LogP contribution in [0, 0.1) is 13.8 Å². The van der Waals surface area contributed by atoms with Crippen LogP contribution in [0.3, 0.4) is 0 Å². The van der Waals surface area contributed by atoms with Crippen molar-refractivity contribution in [3.63, 3.8) is 0 Å². The molecule has 0 aromatic heterocycles. The molecule has 1 N–H and O–H groups in total. The van der Waals surface area contributed by atoms with Crippen molar-refractivity contribution in [2.24, 2.45) is 0 Å². The zero-order valence-electron chi connectivity index (χ0n) is 14.4. The van der Waals surface area contributed by atoms with Gasteiger partial charge in [-0.25, -0.2) is 0 Å². The van der Waals surface area contributed by atoms with Crippen LogP contribution in [0.4, 0.5) is 11.4 Å². The van der Waals surface area contributed by atoms with Gasteiger partial charge in [-0.2, -0.15) is 0 Å². The first kappa shape index (κ1) is 17.5. The van der Waals surface area contributed by atoms with Crippen LogP contribution < -0.4 is 15.0 Å². The molecule has 2 rings (SSSR count). The highest BCUT2D eigenvalue weighted by atomic mass is 16.5. The molecule has 0 aliphatic carbocycles. The second kappa shape index (κ2) is 7.64. The van der Waals surface area contributed by atoms with E-state index < -0.39 is 0 Å². The number of aryl methyl sites for hydroxylation is 1. The van der Waals surface area contributed by atoms with E-state index in [4.69, 9.17) is 4.74 Å². The molecule has 5 heteroatoms. The Hall–Kier alpha value is -2.82. The van der Waals surface area contributed by atoms with Crippen LogP contribution >= 0.6 is 0 Å². The zero-order valence-corrected chi connectivity index (χ0v) is 14.4. The number of anilines is 2. The van der Waals surface area contributed by atoms with Crippen molar-refractivity contribution < 1.29 is 14.3 Å². The quantitative estimate of drug-likeness (QED) is 0.917. The van der Waals surface area contributed by atoms with Gasteiger partial charge in [0, 0.05) is 18.3 Å². The summed E-state index contributed by atoms with van der Waals surface area (Å²) in [4.78, 5) is 25.8. The van der Waals surface area contributed by atoms with Crippen LogP contribution in [-0.4, -0.2) is 25.5 Å². The number of rotatable bonds is 5. The van der Waals surface area contributed by atoms with Gasteiger partial charge in [-0.3, -0.25) is 9.59 Å². The first-order chi connectivity index (χ1) is 11.4. The molecule has 0 saturated carbocycles. The van der Waals surface area contributed by atoms with Gasteiger partial charge in [0.15, 0.2) is 0 Å². The summed E-state index contributed by atoms with van der Waals surface area (Å²) < 4.78 is 5.09. The molecule has 0 heterocycles. The smallest absolute Gasteiger partial charge is 0.244 e. The van der Waals surface area contributed by atoms with Gasteiger partial charge in [0.1, 0.15) is 12.3 Å². The van der Waals surface area contributed by atoms with E-state index in [9.17, 15) is 9.59 Å². The standard InChI is InChI=1S/C19H22N2O3/c1-13-6-5-7-18(14(13)2)21(15(3)22)12-19(23)20-16-8-10-17(24-4)11-9-16/h5-11H,12H2,1-4H3,(H,20,23). The lowest BCUT2D eigenvalue weighted by molar-refractivity contribution is -0.120. The number of carbonyl (C=O) groups excluding carboxylic acids is 2. The monoisotopic (exact) mass is 326 g/mol. The fraction of sp³-hybridized carbons (Fsp3) is 0.263. The van der Waals surface area contributed by atoms with Crippen molar-refractivity contribution in [1.82, 2.24) is 0 Å². The summed E-state index contributed by atoms with van der Waals surface area (Å²) in [6, 6.07) is 12.8. The largest absolute Gasteiger partial charge is 0.497 e. The molecular formula is C19H22N2O3. The van der Waals surface area contributed by atoms with Gasteiger partial charge in [-0.15, -0.1) is 0 Å². The van der Waals surface area contributed by atoms with Gasteiger partial charge in [0.2, 0.25) is 11.8 Å². The Morgan fingerprint density at radius 3 is 2.33 bits per heavy atom. The highest BCUT2D eigenvalue weighted by molar-refractivity contribution is 6.02. The van der Waals surface area contributed by atoms with E-state index in [2.05, 4.69) is 5.32 Å². The predicted octanol–water partition coefficient (Wildman–Crippen LogP) is 3.30. The molecule has 0 bridgehead atoms. The topological polar surface area (TPSA) is 58.6 Å². The van der Waals surface area contributed by atoms with Crippen LogP contribution in [0.2, 0.25) is 0 Å². The molecule has 0 aliphatic heterocycles. The number of nitrogens with zero attached hydrogens (tertiary/aromatic N) is 1. The maximum absolute atomic E-state index is 12.3. The maximum Gasteiger partial charge on any atom is 0.244 e. The van der Waals surface area contributed by atoms with Crippen LogP contribution in [0.1, 0.15) is 18.1 Å². The molecular weight excluding hydrogens is 304 g/mol. The van der Waals surface area contributed by atoms with E-state index in [1.54, 1.807) is 31.4 Å². The van der Waals surface area contributed by atoms with Crippen molar-refractivity contribution in [2.45, 2.75) is 20.8 Å². The SMILES string of the molecule is COc1ccc(NC(=O)CN(C(C)=O)c2cccc(C)c2C)cc1. The molecule has 0 atom stereocenters. The third-order valence-electron chi connectivity index (χ3n) is 3.92. The van der Waals surface area contributed by atoms with Crippen LogP contribution in [0.25, 0.3) is 0 Å². The summed E-state index contributed by atoms with van der Waals surface area (Å²) >= 11 is 0. The fourth-order valence-corrected chi connectivity index (χ4v) is 2.41. The summed E-state index contributed by atoms with van der Waals surface area (Å²) in [7, 11) is 1.59. The molecule has 0 fully saturated rings. The average Bonchev–Trinajstić information content (AvgIpc) is 2.56. The lowest BCUT2D eigenvalue weighted by Gasteiger charge is -2.23. The number of benzene rings is 2. The third-order valence-corrected chi connectivity index (χ3v) is 3.92. The van der Waals surface area contributed by atoms with E-state index in [-0.39, 0.29) is 18.4 Å². The molecule has 5 nitrogen and oxygen atoms in total.